The number of hydrogen-bond donors (Lipinski definition) is 2. The minimum absolute atomic E-state index is 0.145. The molecule has 0 saturated carbocycles. The van der Waals surface area contributed by atoms with Gasteiger partial charge in [0, 0.05) is 44.1 Å². The molecule has 1 spiro atoms. The van der Waals surface area contributed by atoms with Gasteiger partial charge in [-0.05, 0) is 6.92 Å². The fourth-order valence-corrected chi connectivity index (χ4v) is 3.28. The van der Waals surface area contributed by atoms with Crippen LogP contribution in [0.15, 0.2) is 0 Å². The Balaban J connectivity index is 1.78. The fourth-order valence-electron chi connectivity index (χ4n) is 2.64. The molecule has 3 rings (SSSR count). The number of nitrogens with one attached hydrogen (secondary N) is 2. The Morgan fingerprint density at radius 2 is 2.19 bits per heavy atom. The van der Waals surface area contributed by atoms with Gasteiger partial charge in [0.15, 0.2) is 0 Å². The molecule has 3 heterocycles. The molecule has 2 N–H and O–H groups in total. The van der Waals surface area contributed by atoms with Gasteiger partial charge in [0.2, 0.25) is 0 Å². The average molecular weight is 311 g/mol. The van der Waals surface area contributed by atoms with Gasteiger partial charge in [-0.25, -0.2) is 4.79 Å². The number of urea groups is 1. The van der Waals surface area contributed by atoms with Gasteiger partial charge in [-0.3, -0.25) is 9.69 Å². The van der Waals surface area contributed by atoms with Gasteiger partial charge in [0.25, 0.3) is 5.91 Å². The summed E-state index contributed by atoms with van der Waals surface area (Å²) in [5.41, 5.74) is -0.175. The third kappa shape index (κ3) is 2.46. The Kier molecular flexibility index (Phi) is 3.77. The van der Waals surface area contributed by atoms with Crippen LogP contribution in [0.2, 0.25) is 0 Å². The number of nitrogens with zero attached hydrogens (tertiary/aromatic N) is 3. The van der Waals surface area contributed by atoms with E-state index in [4.69, 9.17) is 4.74 Å². The first-order valence-electron chi connectivity index (χ1n) is 6.93. The van der Waals surface area contributed by atoms with Crippen molar-refractivity contribution in [3.63, 3.8) is 0 Å². The van der Waals surface area contributed by atoms with Crippen LogP contribution in [0.4, 0.5) is 9.80 Å². The molecule has 9 heteroatoms. The predicted molar refractivity (Wildman–Crippen MR) is 75.9 cm³/mol. The van der Waals surface area contributed by atoms with Gasteiger partial charge in [-0.15, -0.1) is 5.10 Å². The van der Waals surface area contributed by atoms with Gasteiger partial charge in [0.05, 0.1) is 6.54 Å². The van der Waals surface area contributed by atoms with Gasteiger partial charge in [-0.1, -0.05) is 4.49 Å². The minimum Gasteiger partial charge on any atom is -0.381 e. The maximum Gasteiger partial charge on any atom is 0.325 e. The largest absolute Gasteiger partial charge is 0.381 e. The van der Waals surface area contributed by atoms with Crippen LogP contribution < -0.4 is 10.6 Å². The molecule has 2 saturated heterocycles. The smallest absolute Gasteiger partial charge is 0.325 e. The SMILES string of the molecule is CCNc1snnc1CN1C(=O)NC2(CCOCC2)C1=O. The van der Waals surface area contributed by atoms with Crippen molar-refractivity contribution in [1.82, 2.24) is 19.8 Å². The van der Waals surface area contributed by atoms with Gasteiger partial charge >= 0.3 is 6.03 Å². The Morgan fingerprint density at radius 1 is 1.43 bits per heavy atom. The molecule has 0 bridgehead atoms. The topological polar surface area (TPSA) is 96.5 Å². The number of ether oxygens (including phenoxy) is 1. The van der Waals surface area contributed by atoms with Gasteiger partial charge in [0.1, 0.15) is 16.2 Å². The number of amides is 3. The van der Waals surface area contributed by atoms with E-state index >= 15 is 0 Å². The molecule has 21 heavy (non-hydrogen) atoms. The molecule has 114 valence electrons. The molecule has 3 amide bonds. The van der Waals surface area contributed by atoms with Gasteiger partial charge < -0.3 is 15.4 Å². The lowest BCUT2D eigenvalue weighted by atomic mass is 9.90. The molecule has 0 unspecified atom stereocenters. The standard InChI is InChI=1S/C12H17N5O3S/c1-2-13-9-8(15-16-21-9)7-17-10(18)12(14-11(17)19)3-5-20-6-4-12/h13H,2-7H2,1H3,(H,14,19). The Morgan fingerprint density at radius 3 is 2.90 bits per heavy atom. The van der Waals surface area contributed by atoms with Crippen molar-refractivity contribution < 1.29 is 14.3 Å². The summed E-state index contributed by atoms with van der Waals surface area (Å²) in [7, 11) is 0. The number of aromatic nitrogens is 2. The van der Waals surface area contributed by atoms with E-state index in [0.29, 0.717) is 31.7 Å². The predicted octanol–water partition coefficient (Wildman–Crippen LogP) is 0.571. The van der Waals surface area contributed by atoms with Crippen molar-refractivity contribution in [3.8, 4) is 0 Å². The summed E-state index contributed by atoms with van der Waals surface area (Å²) >= 11 is 1.23. The zero-order valence-electron chi connectivity index (χ0n) is 11.7. The number of hydrogen-bond acceptors (Lipinski definition) is 7. The molecule has 2 aliphatic rings. The fraction of sp³-hybridized carbons (Fsp3) is 0.667. The van der Waals surface area contributed by atoms with Crippen LogP contribution in [-0.2, 0) is 16.1 Å². The quantitative estimate of drug-likeness (QED) is 0.789. The molecule has 0 radical (unpaired) electrons. The molecule has 1 aromatic heterocycles. The second kappa shape index (κ2) is 5.57. The number of imide groups is 1. The van der Waals surface area contributed by atoms with Crippen LogP contribution in [-0.4, -0.2) is 51.7 Å². The molecule has 0 aromatic carbocycles. The highest BCUT2D eigenvalue weighted by Gasteiger charge is 2.51. The lowest BCUT2D eigenvalue weighted by molar-refractivity contribution is -0.134. The number of rotatable bonds is 4. The van der Waals surface area contributed by atoms with E-state index in [1.807, 2.05) is 6.92 Å². The van der Waals surface area contributed by atoms with E-state index in [9.17, 15) is 9.59 Å². The first-order valence-corrected chi connectivity index (χ1v) is 7.70. The number of carbonyl (C=O) groups is 2. The van der Waals surface area contributed by atoms with Crippen LogP contribution in [0.25, 0.3) is 0 Å². The molecule has 2 aliphatic heterocycles. The highest BCUT2D eigenvalue weighted by atomic mass is 32.1. The van der Waals surface area contributed by atoms with E-state index in [-0.39, 0.29) is 18.5 Å². The molecule has 0 atom stereocenters. The molecule has 8 nitrogen and oxygen atoms in total. The highest BCUT2D eigenvalue weighted by Crippen LogP contribution is 2.30. The van der Waals surface area contributed by atoms with Crippen LogP contribution in [0.5, 0.6) is 0 Å². The van der Waals surface area contributed by atoms with Crippen molar-refractivity contribution in [2.45, 2.75) is 31.8 Å². The summed E-state index contributed by atoms with van der Waals surface area (Å²) in [6.07, 6.45) is 1.03. The van der Waals surface area contributed by atoms with Crippen LogP contribution in [0.3, 0.4) is 0 Å². The monoisotopic (exact) mass is 311 g/mol. The summed E-state index contributed by atoms with van der Waals surface area (Å²) in [6, 6.07) is -0.364. The third-order valence-electron chi connectivity index (χ3n) is 3.79. The molecule has 2 fully saturated rings. The maximum atomic E-state index is 12.6. The zero-order chi connectivity index (χ0) is 14.9. The van der Waals surface area contributed by atoms with Crippen molar-refractivity contribution in [3.05, 3.63) is 5.69 Å². The molecule has 1 aromatic rings. The Labute approximate surface area is 126 Å². The van der Waals surface area contributed by atoms with Gasteiger partial charge in [-0.2, -0.15) is 0 Å². The molecular formula is C12H17N5O3S. The maximum absolute atomic E-state index is 12.6. The molecular weight excluding hydrogens is 294 g/mol. The van der Waals surface area contributed by atoms with Crippen LogP contribution in [0, 0.1) is 0 Å². The van der Waals surface area contributed by atoms with E-state index in [2.05, 4.69) is 20.2 Å². The number of carbonyl (C=O) groups excluding carboxylic acids is 2. The van der Waals surface area contributed by atoms with E-state index in [1.54, 1.807) is 0 Å². The Hall–Kier alpha value is -1.74. The lowest BCUT2D eigenvalue weighted by Gasteiger charge is -2.30. The first kappa shape index (κ1) is 14.2. The summed E-state index contributed by atoms with van der Waals surface area (Å²) in [5, 5.41) is 10.8. The van der Waals surface area contributed by atoms with E-state index in [0.717, 1.165) is 11.5 Å². The Bertz CT molecular complexity index is 555. The van der Waals surface area contributed by atoms with E-state index in [1.165, 1.54) is 16.4 Å². The molecule has 0 aliphatic carbocycles. The number of anilines is 1. The normalized spacial score (nSPS) is 20.9. The lowest BCUT2D eigenvalue weighted by Crippen LogP contribution is -2.51. The van der Waals surface area contributed by atoms with Crippen molar-refractivity contribution >= 4 is 28.5 Å². The third-order valence-corrected chi connectivity index (χ3v) is 4.52. The van der Waals surface area contributed by atoms with Crippen molar-refractivity contribution in [1.29, 1.82) is 0 Å². The van der Waals surface area contributed by atoms with Crippen LogP contribution in [0.1, 0.15) is 25.5 Å². The summed E-state index contributed by atoms with van der Waals surface area (Å²) in [5.74, 6) is -0.189. The minimum atomic E-state index is -0.795. The first-order chi connectivity index (χ1) is 10.2. The highest BCUT2D eigenvalue weighted by molar-refractivity contribution is 7.10. The van der Waals surface area contributed by atoms with E-state index < -0.39 is 5.54 Å². The second-order valence-corrected chi connectivity index (χ2v) is 5.85. The van der Waals surface area contributed by atoms with Crippen molar-refractivity contribution in [2.75, 3.05) is 25.1 Å². The van der Waals surface area contributed by atoms with Crippen LogP contribution >= 0.6 is 11.5 Å². The second-order valence-electron chi connectivity index (χ2n) is 5.10. The average Bonchev–Trinajstić information content (AvgIpc) is 3.00. The van der Waals surface area contributed by atoms with Crippen molar-refractivity contribution in [2.24, 2.45) is 0 Å². The summed E-state index contributed by atoms with van der Waals surface area (Å²) < 4.78 is 9.16. The summed E-state index contributed by atoms with van der Waals surface area (Å²) in [6.45, 7) is 3.82. The zero-order valence-corrected chi connectivity index (χ0v) is 12.5. The summed E-state index contributed by atoms with van der Waals surface area (Å²) in [4.78, 5) is 26.0.